The Hall–Kier alpha value is -5.69. The lowest BCUT2D eigenvalue weighted by Gasteiger charge is -2.56. The van der Waals surface area contributed by atoms with Crippen LogP contribution in [0.2, 0.25) is 0 Å². The van der Waals surface area contributed by atoms with E-state index in [-0.39, 0.29) is 63.4 Å². The molecule has 1 saturated heterocycles. The number of nitrogens with zero attached hydrogens (tertiary/aromatic N) is 2. The number of hydrogen-bond donors (Lipinski definition) is 1. The summed E-state index contributed by atoms with van der Waals surface area (Å²) in [5, 5.41) is 16.7. The molecule has 5 aliphatic rings. The molecule has 1 N–H and O–H groups in total. The molecular weight excluding hydrogens is 823 g/mol. The minimum absolute atomic E-state index is 0.00950. The Morgan fingerprint density at radius 3 is 2.37 bits per heavy atom. The van der Waals surface area contributed by atoms with Crippen molar-refractivity contribution in [1.82, 2.24) is 10.2 Å². The van der Waals surface area contributed by atoms with Gasteiger partial charge in [-0.3, -0.25) is 4.90 Å². The Balaban J connectivity index is 1.09. The van der Waals surface area contributed by atoms with E-state index in [1.165, 1.54) is 41.1 Å². The molecule has 14 heteroatoms. The first-order valence-electron chi connectivity index (χ1n) is 21.1. The third-order valence-corrected chi connectivity index (χ3v) is 13.6. The molecule has 0 amide bonds. The van der Waals surface area contributed by atoms with E-state index in [4.69, 9.17) is 42.6 Å². The number of piperazine rings is 1. The van der Waals surface area contributed by atoms with Crippen molar-refractivity contribution in [2.45, 2.75) is 62.8 Å². The van der Waals surface area contributed by atoms with Gasteiger partial charge in [0.05, 0.1) is 25.3 Å². The van der Waals surface area contributed by atoms with Crippen LogP contribution in [0, 0.1) is 25.2 Å². The predicted molar refractivity (Wildman–Crippen MR) is 236 cm³/mol. The molecule has 0 spiro atoms. The van der Waals surface area contributed by atoms with Gasteiger partial charge in [0.2, 0.25) is 12.6 Å². The maximum Gasteiger partial charge on any atom is 0.374 e. The number of nitrogens with one attached hydrogen (secondary N) is 1. The minimum Gasteiger partial charge on any atom is -0.493 e. The fraction of sp³-hybridized carbons (Fsp3) is 0.388. The maximum atomic E-state index is 14.3. The van der Waals surface area contributed by atoms with Crippen LogP contribution in [0.25, 0.3) is 11.1 Å². The zero-order chi connectivity index (χ0) is 43.8. The average molecular weight is 874 g/mol. The quantitative estimate of drug-likeness (QED) is 0.0389. The van der Waals surface area contributed by atoms with E-state index >= 15 is 0 Å². The van der Waals surface area contributed by atoms with Gasteiger partial charge in [-0.25, -0.2) is 4.79 Å². The van der Waals surface area contributed by atoms with Crippen molar-refractivity contribution in [3.8, 4) is 45.9 Å². The van der Waals surface area contributed by atoms with Crippen molar-refractivity contribution < 1.29 is 47.4 Å². The zero-order valence-electron chi connectivity index (χ0n) is 36.1. The van der Waals surface area contributed by atoms with Gasteiger partial charge in [0.15, 0.2) is 36.6 Å². The molecule has 63 heavy (non-hydrogen) atoms. The van der Waals surface area contributed by atoms with Crippen molar-refractivity contribution in [3.05, 3.63) is 123 Å². The number of aryl methyl sites for hydroxylation is 1. The number of rotatable bonds is 16. The molecule has 5 atom stereocenters. The molecule has 4 aliphatic heterocycles. The van der Waals surface area contributed by atoms with E-state index in [0.29, 0.717) is 47.3 Å². The summed E-state index contributed by atoms with van der Waals surface area (Å²) in [4.78, 5) is 16.5. The lowest BCUT2D eigenvalue weighted by Crippen LogP contribution is -2.68. The number of methoxy groups -OCH3 is 3. The van der Waals surface area contributed by atoms with E-state index in [1.54, 1.807) is 25.7 Å². The van der Waals surface area contributed by atoms with E-state index < -0.39 is 18.1 Å². The number of hydrogen-bond acceptors (Lipinski definition) is 14. The number of ether oxygens (including phenoxy) is 9. The smallest absolute Gasteiger partial charge is 0.374 e. The monoisotopic (exact) mass is 873 g/mol. The van der Waals surface area contributed by atoms with Crippen molar-refractivity contribution in [3.63, 3.8) is 0 Å². The summed E-state index contributed by atoms with van der Waals surface area (Å²) in [6, 6.07) is 19.4. The number of nitriles is 1. The number of fused-ring (bicyclic) bond motifs is 12. The van der Waals surface area contributed by atoms with Gasteiger partial charge in [-0.15, -0.1) is 11.8 Å². The number of esters is 1. The van der Waals surface area contributed by atoms with E-state index in [9.17, 15) is 10.1 Å². The van der Waals surface area contributed by atoms with E-state index in [2.05, 4.69) is 77.5 Å². The van der Waals surface area contributed by atoms with Crippen molar-refractivity contribution >= 4 is 17.7 Å². The number of benzene rings is 4. The largest absolute Gasteiger partial charge is 0.493 e. The SMILES string of the molecule is C=CCOc1c(C)c2c(c3c1CC1[C@H]4N[C@H](Cc5cc(C)c(OC)c(OCOC)c54)[C@H](C#N)N1[C@H]3COC(=O)/C(=C/SCC1c3ccccc3-c3ccccc31)OCOC)OCO2. The molecule has 4 aromatic carbocycles. The third kappa shape index (κ3) is 7.45. The molecule has 0 aromatic heterocycles. The van der Waals surface area contributed by atoms with Crippen LogP contribution in [0.15, 0.2) is 78.4 Å². The second-order valence-corrected chi connectivity index (χ2v) is 17.0. The third-order valence-electron chi connectivity index (χ3n) is 12.7. The van der Waals surface area contributed by atoms with Gasteiger partial charge in [0.25, 0.3) is 0 Å². The first-order valence-corrected chi connectivity index (χ1v) is 22.1. The van der Waals surface area contributed by atoms with E-state index in [0.717, 1.165) is 33.4 Å². The highest BCUT2D eigenvalue weighted by Crippen LogP contribution is 2.57. The Kier molecular flexibility index (Phi) is 12.3. The van der Waals surface area contributed by atoms with Gasteiger partial charge in [-0.05, 0) is 60.1 Å². The van der Waals surface area contributed by atoms with Crippen LogP contribution in [-0.2, 0) is 36.6 Å². The highest BCUT2D eigenvalue weighted by Gasteiger charge is 2.55. The summed E-state index contributed by atoms with van der Waals surface area (Å²) in [5.74, 6) is 3.11. The minimum atomic E-state index is -0.665. The van der Waals surface area contributed by atoms with Crippen molar-refractivity contribution in [1.29, 1.82) is 5.26 Å². The summed E-state index contributed by atoms with van der Waals surface area (Å²) in [6.45, 7) is 7.83. The van der Waals surface area contributed by atoms with E-state index in [1.807, 2.05) is 13.8 Å². The number of carbonyl (C=O) groups excluding carboxylic acids is 1. The Morgan fingerprint density at radius 1 is 0.937 bits per heavy atom. The van der Waals surface area contributed by atoms with Crippen LogP contribution in [0.3, 0.4) is 0 Å². The van der Waals surface area contributed by atoms with Gasteiger partial charge >= 0.3 is 5.97 Å². The average Bonchev–Trinajstić information content (AvgIpc) is 3.92. The summed E-state index contributed by atoms with van der Waals surface area (Å²) in [7, 11) is 4.71. The van der Waals surface area contributed by atoms with Crippen LogP contribution in [0.5, 0.6) is 28.7 Å². The molecular formula is C49H51N3O10S. The molecule has 0 radical (unpaired) electrons. The van der Waals surface area contributed by atoms with Gasteiger partial charge in [-0.2, -0.15) is 5.26 Å². The fourth-order valence-electron chi connectivity index (χ4n) is 10.3. The lowest BCUT2D eigenvalue weighted by molar-refractivity contribution is -0.149. The molecule has 4 heterocycles. The van der Waals surface area contributed by atoms with Crippen molar-refractivity contribution in [2.75, 3.05) is 60.7 Å². The second-order valence-electron chi connectivity index (χ2n) is 16.1. The number of thioether (sulfide) groups is 1. The zero-order valence-corrected chi connectivity index (χ0v) is 36.9. The second kappa shape index (κ2) is 18.2. The van der Waals surface area contributed by atoms with Crippen LogP contribution in [0.1, 0.15) is 62.5 Å². The molecule has 4 aromatic rings. The molecule has 0 saturated carbocycles. The standard InChI is InChI=1S/C49H51N3O10S/c1-7-16-57-45-28(3)46-48(62-26-61-46)42-34(45)19-37-43-41-29(17-27(2)44(56-6)47(41)60-25-55-5)18-36(51-43)38(20-50)52(37)39(42)21-58-49(53)40(59-24-54-4)23-63-22-35-32-14-10-8-12-30(32)31-13-9-11-15-33(31)35/h7-15,17,23,35-39,43,51H,1,16,18-19,21-22,24-26H2,2-6H3/b40-23-/t36-,37?,38+,39+,43-/m1/s1. The maximum absolute atomic E-state index is 14.3. The summed E-state index contributed by atoms with van der Waals surface area (Å²) in [5.41, 5.74) is 10.3. The fourth-order valence-corrected chi connectivity index (χ4v) is 11.3. The van der Waals surface area contributed by atoms with Crippen LogP contribution in [-0.4, -0.2) is 89.7 Å². The van der Waals surface area contributed by atoms with Crippen LogP contribution < -0.4 is 29.0 Å². The van der Waals surface area contributed by atoms with Crippen LogP contribution in [0.4, 0.5) is 0 Å². The Morgan fingerprint density at radius 2 is 1.67 bits per heavy atom. The molecule has 328 valence electrons. The molecule has 13 nitrogen and oxygen atoms in total. The van der Waals surface area contributed by atoms with Crippen molar-refractivity contribution in [2.24, 2.45) is 0 Å². The van der Waals surface area contributed by atoms with Gasteiger partial charge < -0.3 is 47.9 Å². The Labute approximate surface area is 371 Å². The van der Waals surface area contributed by atoms with Gasteiger partial charge in [-0.1, -0.05) is 67.3 Å². The first kappa shape index (κ1) is 42.6. The number of carbonyl (C=O) groups is 1. The molecule has 2 bridgehead atoms. The lowest BCUT2D eigenvalue weighted by atomic mass is 9.72. The molecule has 1 fully saturated rings. The summed E-state index contributed by atoms with van der Waals surface area (Å²) < 4.78 is 54.0. The van der Waals surface area contributed by atoms with Gasteiger partial charge in [0, 0.05) is 65.6 Å². The highest BCUT2D eigenvalue weighted by molar-refractivity contribution is 8.02. The normalized spacial score (nSPS) is 21.5. The molecule has 1 aliphatic carbocycles. The predicted octanol–water partition coefficient (Wildman–Crippen LogP) is 7.57. The summed E-state index contributed by atoms with van der Waals surface area (Å²) in [6.07, 6.45) is 2.70. The topological polar surface area (TPSA) is 139 Å². The molecule has 9 rings (SSSR count). The Bertz CT molecular complexity index is 2460. The van der Waals surface area contributed by atoms with Crippen LogP contribution >= 0.6 is 11.8 Å². The summed E-state index contributed by atoms with van der Waals surface area (Å²) >= 11 is 1.48. The molecule has 1 unspecified atom stereocenters. The highest BCUT2D eigenvalue weighted by atomic mass is 32.2. The first-order chi connectivity index (χ1) is 30.8. The van der Waals surface area contributed by atoms with Gasteiger partial charge in [0.1, 0.15) is 25.0 Å².